The predicted octanol–water partition coefficient (Wildman–Crippen LogP) is 6.56. The van der Waals surface area contributed by atoms with Gasteiger partial charge in [-0.2, -0.15) is 0 Å². The third-order valence-electron chi connectivity index (χ3n) is 3.68. The van der Waals surface area contributed by atoms with Gasteiger partial charge in [0, 0.05) is 0 Å². The van der Waals surface area contributed by atoms with E-state index in [1.54, 1.807) is 0 Å². The van der Waals surface area contributed by atoms with E-state index in [2.05, 4.69) is 64.1 Å². The fourth-order valence-electron chi connectivity index (χ4n) is 2.14. The van der Waals surface area contributed by atoms with Crippen molar-refractivity contribution in [2.45, 2.75) is 61.8 Å². The number of aryl methyl sites for hydroxylation is 3. The van der Waals surface area contributed by atoms with E-state index in [0.717, 1.165) is 6.42 Å². The Hall–Kier alpha value is -1.56. The Labute approximate surface area is 132 Å². The molecule has 0 spiro atoms. The largest absolute Gasteiger partial charge is 0.0683 e. The zero-order valence-electron chi connectivity index (χ0n) is 15.2. The second kappa shape index (κ2) is 10.2. The van der Waals surface area contributed by atoms with Crippen LogP contribution in [0.5, 0.6) is 0 Å². The monoisotopic (exact) mass is 284 g/mol. The molecule has 0 fully saturated rings. The van der Waals surface area contributed by atoms with Gasteiger partial charge in [-0.3, -0.25) is 0 Å². The van der Waals surface area contributed by atoms with Crippen LogP contribution in [0.1, 0.15) is 61.1 Å². The highest BCUT2D eigenvalue weighted by Crippen LogP contribution is 2.18. The smallest absolute Gasteiger partial charge is 0.00229 e. The molecule has 0 aliphatic heterocycles. The van der Waals surface area contributed by atoms with Crippen LogP contribution in [-0.4, -0.2) is 0 Å². The zero-order chi connectivity index (χ0) is 16.4. The number of benzene rings is 2. The van der Waals surface area contributed by atoms with Crippen molar-refractivity contribution in [3.63, 3.8) is 0 Å². The molecule has 0 amide bonds. The quantitative estimate of drug-likeness (QED) is 0.585. The van der Waals surface area contributed by atoms with E-state index in [-0.39, 0.29) is 0 Å². The Balaban J connectivity index is 0.000000921. The van der Waals surface area contributed by atoms with Crippen molar-refractivity contribution in [3.05, 3.63) is 69.8 Å². The van der Waals surface area contributed by atoms with Gasteiger partial charge in [0.25, 0.3) is 0 Å². The Morgan fingerprint density at radius 2 is 1.29 bits per heavy atom. The molecule has 116 valence electrons. The van der Waals surface area contributed by atoms with Gasteiger partial charge in [-0.25, -0.2) is 0 Å². The Morgan fingerprint density at radius 3 is 1.86 bits per heavy atom. The molecule has 2 aromatic rings. The average molecular weight is 284 g/mol. The predicted molar refractivity (Wildman–Crippen MR) is 97.3 cm³/mol. The summed E-state index contributed by atoms with van der Waals surface area (Å²) in [6, 6.07) is 13.3. The van der Waals surface area contributed by atoms with E-state index in [4.69, 9.17) is 0 Å². The van der Waals surface area contributed by atoms with Gasteiger partial charge in [-0.15, -0.1) is 0 Å². The zero-order valence-corrected chi connectivity index (χ0v) is 15.2. The summed E-state index contributed by atoms with van der Waals surface area (Å²) in [6.45, 7) is 16.7. The molecule has 21 heavy (non-hydrogen) atoms. The van der Waals surface area contributed by atoms with Crippen LogP contribution in [0, 0.1) is 27.7 Å². The highest BCUT2D eigenvalue weighted by molar-refractivity contribution is 5.38. The van der Waals surface area contributed by atoms with Gasteiger partial charge in [0.05, 0.1) is 0 Å². The SMILES string of the molecule is CC.CC.Cc1ccc(Cc2cccc(C)c2C)cc1C. The highest BCUT2D eigenvalue weighted by Gasteiger charge is 2.03. The van der Waals surface area contributed by atoms with Gasteiger partial charge in [-0.05, 0) is 67.5 Å². The van der Waals surface area contributed by atoms with Gasteiger partial charge >= 0.3 is 0 Å². The average Bonchev–Trinajstić information content (AvgIpc) is 2.52. The summed E-state index contributed by atoms with van der Waals surface area (Å²) in [4.78, 5) is 0. The number of hydrogen-bond donors (Lipinski definition) is 0. The standard InChI is InChI=1S/C17H20.2C2H6/c1-12-8-9-16(10-14(12)3)11-17-7-5-6-13(2)15(17)4;2*1-2/h5-10H,11H2,1-4H3;2*1-2H3. The lowest BCUT2D eigenvalue weighted by Crippen LogP contribution is -1.95. The molecule has 0 saturated heterocycles. The molecule has 0 bridgehead atoms. The van der Waals surface area contributed by atoms with Crippen molar-refractivity contribution >= 4 is 0 Å². The van der Waals surface area contributed by atoms with E-state index in [1.165, 1.54) is 33.4 Å². The first-order valence-electron chi connectivity index (χ1n) is 8.19. The van der Waals surface area contributed by atoms with Crippen molar-refractivity contribution in [2.75, 3.05) is 0 Å². The summed E-state index contributed by atoms with van der Waals surface area (Å²) >= 11 is 0. The number of rotatable bonds is 2. The lowest BCUT2D eigenvalue weighted by atomic mass is 9.96. The van der Waals surface area contributed by atoms with Gasteiger partial charge in [0.1, 0.15) is 0 Å². The molecule has 0 atom stereocenters. The molecule has 0 saturated carbocycles. The Kier molecular flexibility index (Phi) is 9.45. The molecular weight excluding hydrogens is 252 g/mol. The van der Waals surface area contributed by atoms with E-state index >= 15 is 0 Å². The van der Waals surface area contributed by atoms with Crippen LogP contribution >= 0.6 is 0 Å². The Morgan fingerprint density at radius 1 is 0.667 bits per heavy atom. The molecule has 2 aromatic carbocycles. The van der Waals surface area contributed by atoms with Crippen LogP contribution in [0.25, 0.3) is 0 Å². The maximum absolute atomic E-state index is 2.30. The lowest BCUT2D eigenvalue weighted by Gasteiger charge is -2.10. The molecule has 2 rings (SSSR count). The number of hydrogen-bond acceptors (Lipinski definition) is 0. The summed E-state index contributed by atoms with van der Waals surface area (Å²) in [6.07, 6.45) is 1.04. The molecule has 0 nitrogen and oxygen atoms in total. The summed E-state index contributed by atoms with van der Waals surface area (Å²) in [5, 5.41) is 0. The van der Waals surface area contributed by atoms with E-state index in [1.807, 2.05) is 27.7 Å². The summed E-state index contributed by atoms with van der Waals surface area (Å²) in [7, 11) is 0. The summed E-state index contributed by atoms with van der Waals surface area (Å²) in [5.41, 5.74) is 8.40. The minimum atomic E-state index is 1.04. The third-order valence-corrected chi connectivity index (χ3v) is 3.68. The molecule has 0 heterocycles. The molecule has 0 N–H and O–H groups in total. The fraction of sp³-hybridized carbons (Fsp3) is 0.429. The van der Waals surface area contributed by atoms with Gasteiger partial charge in [-0.1, -0.05) is 64.1 Å². The van der Waals surface area contributed by atoms with Crippen molar-refractivity contribution in [3.8, 4) is 0 Å². The molecule has 0 aromatic heterocycles. The fourth-order valence-corrected chi connectivity index (χ4v) is 2.14. The van der Waals surface area contributed by atoms with Gasteiger partial charge < -0.3 is 0 Å². The van der Waals surface area contributed by atoms with Gasteiger partial charge in [0.2, 0.25) is 0 Å². The summed E-state index contributed by atoms with van der Waals surface area (Å²) in [5.74, 6) is 0. The first kappa shape index (κ1) is 19.4. The minimum absolute atomic E-state index is 1.04. The lowest BCUT2D eigenvalue weighted by molar-refractivity contribution is 1.12. The molecule has 0 heteroatoms. The first-order valence-corrected chi connectivity index (χ1v) is 8.19. The van der Waals surface area contributed by atoms with Crippen LogP contribution in [0.2, 0.25) is 0 Å². The van der Waals surface area contributed by atoms with E-state index < -0.39 is 0 Å². The van der Waals surface area contributed by atoms with Crippen molar-refractivity contribution in [1.82, 2.24) is 0 Å². The van der Waals surface area contributed by atoms with Crippen LogP contribution in [0.3, 0.4) is 0 Å². The highest BCUT2D eigenvalue weighted by atomic mass is 14.1. The van der Waals surface area contributed by atoms with Crippen LogP contribution in [0.15, 0.2) is 36.4 Å². The second-order valence-electron chi connectivity index (χ2n) is 4.95. The molecule has 0 aliphatic carbocycles. The van der Waals surface area contributed by atoms with E-state index in [9.17, 15) is 0 Å². The van der Waals surface area contributed by atoms with Crippen LogP contribution in [-0.2, 0) is 6.42 Å². The maximum atomic E-state index is 2.30. The molecular formula is C21H32. The van der Waals surface area contributed by atoms with Gasteiger partial charge in [0.15, 0.2) is 0 Å². The Bertz CT molecular complexity index is 536. The van der Waals surface area contributed by atoms with Crippen LogP contribution in [0.4, 0.5) is 0 Å². The van der Waals surface area contributed by atoms with Crippen LogP contribution < -0.4 is 0 Å². The van der Waals surface area contributed by atoms with Crippen molar-refractivity contribution < 1.29 is 0 Å². The minimum Gasteiger partial charge on any atom is -0.0683 e. The molecule has 0 radical (unpaired) electrons. The van der Waals surface area contributed by atoms with E-state index in [0.29, 0.717) is 0 Å². The summed E-state index contributed by atoms with van der Waals surface area (Å²) < 4.78 is 0. The second-order valence-corrected chi connectivity index (χ2v) is 4.95. The third kappa shape index (κ3) is 5.75. The maximum Gasteiger partial charge on any atom is -0.00229 e. The normalized spacial score (nSPS) is 9.14. The molecule has 0 unspecified atom stereocenters. The molecule has 0 aliphatic rings. The van der Waals surface area contributed by atoms with Crippen molar-refractivity contribution in [1.29, 1.82) is 0 Å². The topological polar surface area (TPSA) is 0 Å². The first-order chi connectivity index (χ1) is 10.1. The van der Waals surface area contributed by atoms with Crippen molar-refractivity contribution in [2.24, 2.45) is 0 Å².